The molecule has 3 rings (SSSR count). The van der Waals surface area contributed by atoms with Gasteiger partial charge in [0, 0.05) is 45.2 Å². The SMILES string of the molecule is CN(C[C@@H](c1ccccc1)N1CCOCC1)C(=O)C[C@H](N)Cc1cc(F)c(F)cc1F.O=CO. The van der Waals surface area contributed by atoms with Crippen LogP contribution in [0.2, 0.25) is 0 Å². The first kappa shape index (κ1) is 27.3. The number of hydrogen-bond acceptors (Lipinski definition) is 5. The molecule has 34 heavy (non-hydrogen) atoms. The molecule has 1 heterocycles. The Morgan fingerprint density at radius 2 is 1.74 bits per heavy atom. The number of carbonyl (C=O) groups excluding carboxylic acids is 1. The second kappa shape index (κ2) is 13.7. The number of rotatable bonds is 8. The van der Waals surface area contributed by atoms with E-state index in [9.17, 15) is 18.0 Å². The number of likely N-dealkylation sites (N-methyl/N-ethyl adjacent to an activating group) is 1. The average Bonchev–Trinajstić information content (AvgIpc) is 2.82. The van der Waals surface area contributed by atoms with Crippen LogP contribution in [-0.2, 0) is 20.7 Å². The van der Waals surface area contributed by atoms with Gasteiger partial charge in [-0.3, -0.25) is 14.5 Å². The van der Waals surface area contributed by atoms with Gasteiger partial charge in [-0.25, -0.2) is 13.2 Å². The number of ether oxygens (including phenoxy) is 1. The Morgan fingerprint density at radius 3 is 2.35 bits per heavy atom. The lowest BCUT2D eigenvalue weighted by Crippen LogP contribution is -2.45. The number of carboxylic acid groups (broad SMARTS) is 1. The fraction of sp³-hybridized carbons (Fsp3) is 0.417. The number of hydrogen-bond donors (Lipinski definition) is 2. The first-order chi connectivity index (χ1) is 16.3. The lowest BCUT2D eigenvalue weighted by molar-refractivity contribution is -0.131. The molecule has 1 aliphatic rings. The minimum Gasteiger partial charge on any atom is -0.483 e. The normalized spacial score (nSPS) is 15.6. The molecule has 0 spiro atoms. The molecular weight excluding hydrogens is 451 g/mol. The predicted octanol–water partition coefficient (Wildman–Crippen LogP) is 2.60. The average molecular weight is 482 g/mol. The number of morpholine rings is 1. The van der Waals surface area contributed by atoms with Crippen molar-refractivity contribution in [3.05, 3.63) is 71.0 Å². The van der Waals surface area contributed by atoms with Crippen LogP contribution in [0.25, 0.3) is 0 Å². The van der Waals surface area contributed by atoms with E-state index in [1.807, 2.05) is 30.3 Å². The molecule has 1 aliphatic heterocycles. The number of nitrogens with zero attached hydrogens (tertiary/aromatic N) is 2. The van der Waals surface area contributed by atoms with Crippen LogP contribution in [-0.4, -0.2) is 73.2 Å². The van der Waals surface area contributed by atoms with Crippen LogP contribution < -0.4 is 5.73 Å². The van der Waals surface area contributed by atoms with Gasteiger partial charge in [0.15, 0.2) is 11.6 Å². The number of halogens is 3. The summed E-state index contributed by atoms with van der Waals surface area (Å²) in [7, 11) is 1.71. The van der Waals surface area contributed by atoms with Crippen LogP contribution in [0.1, 0.15) is 23.6 Å². The highest BCUT2D eigenvalue weighted by atomic mass is 19.2. The molecule has 0 aliphatic carbocycles. The lowest BCUT2D eigenvalue weighted by atomic mass is 10.0. The first-order valence-corrected chi connectivity index (χ1v) is 10.8. The molecule has 2 aromatic rings. The van der Waals surface area contributed by atoms with Crippen LogP contribution in [0.3, 0.4) is 0 Å². The van der Waals surface area contributed by atoms with E-state index < -0.39 is 23.5 Å². The zero-order valence-corrected chi connectivity index (χ0v) is 19.0. The zero-order chi connectivity index (χ0) is 25.1. The van der Waals surface area contributed by atoms with Crippen molar-refractivity contribution in [2.75, 3.05) is 39.9 Å². The molecule has 0 saturated carbocycles. The van der Waals surface area contributed by atoms with Crippen LogP contribution in [0, 0.1) is 17.5 Å². The maximum absolute atomic E-state index is 13.9. The molecule has 186 valence electrons. The highest BCUT2D eigenvalue weighted by molar-refractivity contribution is 5.76. The smallest absolute Gasteiger partial charge is 0.290 e. The zero-order valence-electron chi connectivity index (χ0n) is 19.0. The lowest BCUT2D eigenvalue weighted by Gasteiger charge is -2.37. The van der Waals surface area contributed by atoms with E-state index in [4.69, 9.17) is 20.4 Å². The number of amides is 1. The van der Waals surface area contributed by atoms with Crippen molar-refractivity contribution in [2.45, 2.75) is 24.9 Å². The summed E-state index contributed by atoms with van der Waals surface area (Å²) in [6, 6.07) is 10.6. The van der Waals surface area contributed by atoms with Crippen LogP contribution in [0.4, 0.5) is 13.2 Å². The quantitative estimate of drug-likeness (QED) is 0.445. The number of nitrogens with two attached hydrogens (primary N) is 1. The van der Waals surface area contributed by atoms with E-state index >= 15 is 0 Å². The van der Waals surface area contributed by atoms with Crippen molar-refractivity contribution in [3.63, 3.8) is 0 Å². The van der Waals surface area contributed by atoms with Crippen molar-refractivity contribution in [1.82, 2.24) is 9.80 Å². The summed E-state index contributed by atoms with van der Waals surface area (Å²) in [5.74, 6) is -3.44. The van der Waals surface area contributed by atoms with Gasteiger partial charge in [-0.1, -0.05) is 30.3 Å². The van der Waals surface area contributed by atoms with Crippen LogP contribution in [0.5, 0.6) is 0 Å². The number of carbonyl (C=O) groups is 2. The van der Waals surface area contributed by atoms with E-state index in [0.717, 1.165) is 24.7 Å². The van der Waals surface area contributed by atoms with Crippen molar-refractivity contribution in [2.24, 2.45) is 5.73 Å². The highest BCUT2D eigenvalue weighted by Crippen LogP contribution is 2.23. The molecule has 2 atom stereocenters. The standard InChI is InChI=1S/C23H28F3N3O2.CH2O2/c1-28(15-22(16-5-3-2-4-6-16)29-7-9-31-10-8-29)23(30)13-18(27)11-17-12-20(25)21(26)14-19(17)24;2-1-3/h2-6,12,14,18,22H,7-11,13,15,27H2,1H3;1H,(H,2,3)/t18-,22+;/m1./s1. The Morgan fingerprint density at radius 1 is 1.15 bits per heavy atom. The molecule has 0 bridgehead atoms. The maximum atomic E-state index is 13.9. The van der Waals surface area contributed by atoms with Gasteiger partial charge in [-0.15, -0.1) is 0 Å². The van der Waals surface area contributed by atoms with E-state index in [1.165, 1.54) is 0 Å². The second-order valence-corrected chi connectivity index (χ2v) is 7.98. The monoisotopic (exact) mass is 481 g/mol. The van der Waals surface area contributed by atoms with Crippen molar-refractivity contribution >= 4 is 12.4 Å². The summed E-state index contributed by atoms with van der Waals surface area (Å²) in [5, 5.41) is 6.89. The van der Waals surface area contributed by atoms with E-state index in [0.29, 0.717) is 25.8 Å². The maximum Gasteiger partial charge on any atom is 0.290 e. The topological polar surface area (TPSA) is 96.1 Å². The Balaban J connectivity index is 0.00000129. The summed E-state index contributed by atoms with van der Waals surface area (Å²) in [5.41, 5.74) is 7.09. The molecule has 1 amide bonds. The fourth-order valence-corrected chi connectivity index (χ4v) is 3.81. The minimum absolute atomic E-state index is 0.0129. The summed E-state index contributed by atoms with van der Waals surface area (Å²) >= 11 is 0. The van der Waals surface area contributed by atoms with Gasteiger partial charge in [0.25, 0.3) is 6.47 Å². The van der Waals surface area contributed by atoms with Crippen molar-refractivity contribution in [3.8, 4) is 0 Å². The van der Waals surface area contributed by atoms with Crippen molar-refractivity contribution in [1.29, 1.82) is 0 Å². The molecule has 0 unspecified atom stereocenters. The number of benzene rings is 2. The van der Waals surface area contributed by atoms with E-state index in [2.05, 4.69) is 4.90 Å². The molecule has 0 aromatic heterocycles. The molecular formula is C24H30F3N3O4. The third kappa shape index (κ3) is 8.12. The van der Waals surface area contributed by atoms with Crippen molar-refractivity contribution < 1.29 is 32.6 Å². The highest BCUT2D eigenvalue weighted by Gasteiger charge is 2.26. The van der Waals surface area contributed by atoms with Gasteiger partial charge in [0.2, 0.25) is 5.91 Å². The van der Waals surface area contributed by atoms with Gasteiger partial charge >= 0.3 is 0 Å². The Labute approximate surface area is 196 Å². The molecule has 7 nitrogen and oxygen atoms in total. The second-order valence-electron chi connectivity index (χ2n) is 7.98. The fourth-order valence-electron chi connectivity index (χ4n) is 3.81. The largest absolute Gasteiger partial charge is 0.483 e. The Bertz CT molecular complexity index is 927. The summed E-state index contributed by atoms with van der Waals surface area (Å²) in [6.45, 7) is 3.06. The minimum atomic E-state index is -1.25. The third-order valence-electron chi connectivity index (χ3n) is 5.55. The van der Waals surface area contributed by atoms with Gasteiger partial charge in [-0.05, 0) is 23.6 Å². The molecule has 0 radical (unpaired) electrons. The van der Waals surface area contributed by atoms with Gasteiger partial charge in [0.05, 0.1) is 19.3 Å². The molecule has 1 saturated heterocycles. The summed E-state index contributed by atoms with van der Waals surface area (Å²) in [6.07, 6.45) is -0.0895. The Hall–Kier alpha value is -2.95. The predicted molar refractivity (Wildman–Crippen MR) is 121 cm³/mol. The van der Waals surface area contributed by atoms with Gasteiger partial charge in [-0.2, -0.15) is 0 Å². The molecule has 2 aromatic carbocycles. The Kier molecular flexibility index (Phi) is 11.0. The van der Waals surface area contributed by atoms with E-state index in [-0.39, 0.29) is 36.8 Å². The van der Waals surface area contributed by atoms with Crippen LogP contribution in [0.15, 0.2) is 42.5 Å². The van der Waals surface area contributed by atoms with E-state index in [1.54, 1.807) is 11.9 Å². The van der Waals surface area contributed by atoms with Gasteiger partial charge in [0.1, 0.15) is 5.82 Å². The van der Waals surface area contributed by atoms with Crippen LogP contribution >= 0.6 is 0 Å². The third-order valence-corrected chi connectivity index (χ3v) is 5.55. The molecule has 1 fully saturated rings. The molecule has 3 N–H and O–H groups in total. The molecule has 10 heteroatoms. The first-order valence-electron chi connectivity index (χ1n) is 10.8. The summed E-state index contributed by atoms with van der Waals surface area (Å²) < 4.78 is 45.9. The summed E-state index contributed by atoms with van der Waals surface area (Å²) in [4.78, 5) is 25.0. The van der Waals surface area contributed by atoms with Gasteiger partial charge < -0.3 is 20.5 Å².